The van der Waals surface area contributed by atoms with Crippen LogP contribution in [0.2, 0.25) is 0 Å². The Balaban J connectivity index is 2.07. The Hall–Kier alpha value is -1.32. The average Bonchev–Trinajstić information content (AvgIpc) is 3.23. The fourth-order valence-electron chi connectivity index (χ4n) is 4.99. The molecule has 0 radical (unpaired) electrons. The third kappa shape index (κ3) is 15.4. The molecule has 1 aliphatic heterocycles. The van der Waals surface area contributed by atoms with Crippen molar-refractivity contribution in [1.82, 2.24) is 9.80 Å². The number of hydrogen-bond acceptors (Lipinski definition) is 2. The minimum Gasteiger partial charge on any atom is -0.342 e. The number of carbonyl (C=O) groups is 2. The van der Waals surface area contributed by atoms with Crippen LogP contribution in [0.4, 0.5) is 0 Å². The second-order valence-electron chi connectivity index (χ2n) is 10.7. The van der Waals surface area contributed by atoms with Crippen LogP contribution >= 0.6 is 0 Å². The standard InChI is InChI=1S/C31H58N2O2/c1-4-7-10-11-12-13-14-15-16-17-18-19-20-21-22-23-26-33-28-29(27-30(33)34)31(35)32(24-8-5-2)25-9-6-3/h15-16,29H,4-14,17-28H2,1-3H3. The van der Waals surface area contributed by atoms with E-state index in [1.54, 1.807) is 0 Å². The number of unbranched alkanes of at least 4 members (excludes halogenated alkanes) is 14. The van der Waals surface area contributed by atoms with Gasteiger partial charge in [0.15, 0.2) is 0 Å². The minimum atomic E-state index is -0.120. The monoisotopic (exact) mass is 490 g/mol. The van der Waals surface area contributed by atoms with E-state index in [-0.39, 0.29) is 17.7 Å². The lowest BCUT2D eigenvalue weighted by molar-refractivity contribution is -0.136. The summed E-state index contributed by atoms with van der Waals surface area (Å²) in [6, 6.07) is 0. The maximum atomic E-state index is 13.0. The number of allylic oxidation sites excluding steroid dienone is 2. The van der Waals surface area contributed by atoms with E-state index >= 15 is 0 Å². The van der Waals surface area contributed by atoms with Crippen LogP contribution in [-0.4, -0.2) is 47.8 Å². The molecule has 1 heterocycles. The third-order valence-electron chi connectivity index (χ3n) is 7.38. The molecule has 0 aromatic carbocycles. The van der Waals surface area contributed by atoms with Crippen molar-refractivity contribution in [2.24, 2.45) is 5.92 Å². The summed E-state index contributed by atoms with van der Waals surface area (Å²) < 4.78 is 0. The maximum absolute atomic E-state index is 13.0. The van der Waals surface area contributed by atoms with E-state index in [1.165, 1.54) is 83.5 Å². The van der Waals surface area contributed by atoms with E-state index in [1.807, 2.05) is 9.80 Å². The number of amides is 2. The lowest BCUT2D eigenvalue weighted by atomic mass is 10.1. The second kappa shape index (κ2) is 21.9. The van der Waals surface area contributed by atoms with Gasteiger partial charge in [0.2, 0.25) is 11.8 Å². The largest absolute Gasteiger partial charge is 0.342 e. The molecular formula is C31H58N2O2. The van der Waals surface area contributed by atoms with Crippen molar-refractivity contribution in [2.75, 3.05) is 26.2 Å². The third-order valence-corrected chi connectivity index (χ3v) is 7.38. The molecule has 4 nitrogen and oxygen atoms in total. The summed E-state index contributed by atoms with van der Waals surface area (Å²) in [5.74, 6) is 0.274. The summed E-state index contributed by atoms with van der Waals surface area (Å²) in [7, 11) is 0. The van der Waals surface area contributed by atoms with Crippen LogP contribution in [0.1, 0.15) is 143 Å². The predicted molar refractivity (Wildman–Crippen MR) is 151 cm³/mol. The first-order valence-corrected chi connectivity index (χ1v) is 15.4. The normalized spacial score (nSPS) is 16.0. The number of hydrogen-bond donors (Lipinski definition) is 0. The summed E-state index contributed by atoms with van der Waals surface area (Å²) in [4.78, 5) is 29.5. The molecule has 1 fully saturated rings. The second-order valence-corrected chi connectivity index (χ2v) is 10.7. The SMILES string of the molecule is CCCCCCCCC=CCCCCCCCCN1CC(C(=O)N(CCCC)CCCC)CC1=O. The first-order chi connectivity index (χ1) is 17.1. The Morgan fingerprint density at radius 2 is 1.23 bits per heavy atom. The van der Waals surface area contributed by atoms with Gasteiger partial charge in [-0.1, -0.05) is 104 Å². The molecule has 0 aromatic heterocycles. The molecule has 35 heavy (non-hydrogen) atoms. The van der Waals surface area contributed by atoms with Crippen LogP contribution in [0.25, 0.3) is 0 Å². The van der Waals surface area contributed by atoms with Crippen LogP contribution in [-0.2, 0) is 9.59 Å². The molecule has 204 valence electrons. The maximum Gasteiger partial charge on any atom is 0.227 e. The van der Waals surface area contributed by atoms with Crippen LogP contribution in [0.15, 0.2) is 12.2 Å². The molecule has 0 aliphatic carbocycles. The molecule has 1 aliphatic rings. The number of nitrogens with zero attached hydrogens (tertiary/aromatic N) is 2. The number of rotatable bonds is 23. The van der Waals surface area contributed by atoms with E-state index < -0.39 is 0 Å². The van der Waals surface area contributed by atoms with Crippen molar-refractivity contribution in [3.63, 3.8) is 0 Å². The Morgan fingerprint density at radius 1 is 0.743 bits per heavy atom. The topological polar surface area (TPSA) is 40.6 Å². The molecule has 2 amide bonds. The highest BCUT2D eigenvalue weighted by molar-refractivity contribution is 5.89. The highest BCUT2D eigenvalue weighted by Gasteiger charge is 2.35. The first kappa shape index (κ1) is 31.7. The Labute approximate surface area is 218 Å². The van der Waals surface area contributed by atoms with Gasteiger partial charge < -0.3 is 9.80 Å². The lowest BCUT2D eigenvalue weighted by Crippen LogP contribution is -2.38. The van der Waals surface area contributed by atoms with Gasteiger partial charge in [-0.05, 0) is 44.9 Å². The van der Waals surface area contributed by atoms with Gasteiger partial charge in [0.05, 0.1) is 5.92 Å². The molecule has 1 atom stereocenters. The van der Waals surface area contributed by atoms with E-state index in [9.17, 15) is 9.59 Å². The molecular weight excluding hydrogens is 432 g/mol. The van der Waals surface area contributed by atoms with E-state index in [0.717, 1.165) is 51.7 Å². The highest BCUT2D eigenvalue weighted by Crippen LogP contribution is 2.22. The van der Waals surface area contributed by atoms with Gasteiger partial charge in [-0.25, -0.2) is 0 Å². The van der Waals surface area contributed by atoms with E-state index in [2.05, 4.69) is 32.9 Å². The van der Waals surface area contributed by atoms with Gasteiger partial charge in [0.25, 0.3) is 0 Å². The lowest BCUT2D eigenvalue weighted by Gasteiger charge is -2.25. The van der Waals surface area contributed by atoms with Crippen molar-refractivity contribution in [1.29, 1.82) is 0 Å². The number of likely N-dealkylation sites (tertiary alicyclic amines) is 1. The van der Waals surface area contributed by atoms with Crippen molar-refractivity contribution in [3.8, 4) is 0 Å². The van der Waals surface area contributed by atoms with Crippen molar-refractivity contribution < 1.29 is 9.59 Å². The fourth-order valence-corrected chi connectivity index (χ4v) is 4.99. The highest BCUT2D eigenvalue weighted by atomic mass is 16.2. The zero-order chi connectivity index (χ0) is 25.6. The summed E-state index contributed by atoms with van der Waals surface area (Å²) in [5, 5.41) is 0. The molecule has 1 saturated heterocycles. The van der Waals surface area contributed by atoms with Crippen molar-refractivity contribution >= 4 is 11.8 Å². The molecule has 0 saturated carbocycles. The molecule has 0 spiro atoms. The number of carbonyl (C=O) groups excluding carboxylic acids is 2. The summed E-state index contributed by atoms with van der Waals surface area (Å²) >= 11 is 0. The zero-order valence-corrected chi connectivity index (χ0v) is 23.7. The fraction of sp³-hybridized carbons (Fsp3) is 0.871. The average molecular weight is 491 g/mol. The van der Waals surface area contributed by atoms with Crippen LogP contribution < -0.4 is 0 Å². The van der Waals surface area contributed by atoms with Gasteiger partial charge >= 0.3 is 0 Å². The summed E-state index contributed by atoms with van der Waals surface area (Å²) in [5.41, 5.74) is 0. The van der Waals surface area contributed by atoms with Crippen LogP contribution in [0, 0.1) is 5.92 Å². The molecule has 0 aromatic rings. The van der Waals surface area contributed by atoms with Crippen molar-refractivity contribution in [3.05, 3.63) is 12.2 Å². The molecule has 1 rings (SSSR count). The van der Waals surface area contributed by atoms with Crippen molar-refractivity contribution in [2.45, 2.75) is 143 Å². The first-order valence-electron chi connectivity index (χ1n) is 15.4. The van der Waals surface area contributed by atoms with Crippen LogP contribution in [0.3, 0.4) is 0 Å². The quantitative estimate of drug-likeness (QED) is 0.107. The van der Waals surface area contributed by atoms with Gasteiger partial charge in [-0.3, -0.25) is 9.59 Å². The predicted octanol–water partition coefficient (Wildman–Crippen LogP) is 8.30. The summed E-state index contributed by atoms with van der Waals surface area (Å²) in [6.45, 7) is 9.75. The van der Waals surface area contributed by atoms with Gasteiger partial charge in [-0.15, -0.1) is 0 Å². The molecule has 1 unspecified atom stereocenters. The molecule has 0 N–H and O–H groups in total. The summed E-state index contributed by atoms with van der Waals surface area (Å²) in [6.07, 6.45) is 27.7. The van der Waals surface area contributed by atoms with Gasteiger partial charge in [-0.2, -0.15) is 0 Å². The smallest absolute Gasteiger partial charge is 0.227 e. The Bertz CT molecular complexity index is 552. The Morgan fingerprint density at radius 3 is 1.77 bits per heavy atom. The molecule has 4 heteroatoms. The van der Waals surface area contributed by atoms with Crippen LogP contribution in [0.5, 0.6) is 0 Å². The zero-order valence-electron chi connectivity index (χ0n) is 23.7. The van der Waals surface area contributed by atoms with Gasteiger partial charge in [0.1, 0.15) is 0 Å². The molecule has 0 bridgehead atoms. The minimum absolute atomic E-state index is 0.120. The Kier molecular flexibility index (Phi) is 19.9. The van der Waals surface area contributed by atoms with E-state index in [0.29, 0.717) is 13.0 Å². The van der Waals surface area contributed by atoms with Gasteiger partial charge in [0, 0.05) is 32.6 Å². The van der Waals surface area contributed by atoms with E-state index in [4.69, 9.17) is 0 Å².